The molecule has 0 aliphatic carbocycles. The SMILES string of the molecule is CCN(CC(=O)O)C(=O)NCCCCOCCOC. The number of nitrogens with zero attached hydrogens (tertiary/aromatic N) is 1. The third kappa shape index (κ3) is 10.3. The monoisotopic (exact) mass is 276 g/mol. The molecule has 0 aromatic rings. The molecule has 0 aliphatic rings. The Hall–Kier alpha value is -1.34. The third-order valence-corrected chi connectivity index (χ3v) is 2.42. The van der Waals surface area contributed by atoms with E-state index >= 15 is 0 Å². The second-order valence-electron chi connectivity index (χ2n) is 3.95. The van der Waals surface area contributed by atoms with E-state index in [1.165, 1.54) is 4.90 Å². The number of methoxy groups -OCH3 is 1. The third-order valence-electron chi connectivity index (χ3n) is 2.42. The summed E-state index contributed by atoms with van der Waals surface area (Å²) in [5.41, 5.74) is 0. The van der Waals surface area contributed by atoms with E-state index in [2.05, 4.69) is 5.32 Å². The van der Waals surface area contributed by atoms with Crippen molar-refractivity contribution in [1.29, 1.82) is 0 Å². The molecule has 7 nitrogen and oxygen atoms in total. The summed E-state index contributed by atoms with van der Waals surface area (Å²) in [6.07, 6.45) is 1.64. The van der Waals surface area contributed by atoms with E-state index in [-0.39, 0.29) is 12.6 Å². The molecule has 0 saturated carbocycles. The fraction of sp³-hybridized carbons (Fsp3) is 0.833. The largest absolute Gasteiger partial charge is 0.480 e. The highest BCUT2D eigenvalue weighted by molar-refractivity contribution is 5.79. The predicted octanol–water partition coefficient (Wildman–Crippen LogP) is 0.546. The van der Waals surface area contributed by atoms with E-state index in [9.17, 15) is 9.59 Å². The molecular weight excluding hydrogens is 252 g/mol. The van der Waals surface area contributed by atoms with Crippen molar-refractivity contribution in [2.75, 3.05) is 46.6 Å². The Balaban J connectivity index is 3.53. The van der Waals surface area contributed by atoms with E-state index in [0.29, 0.717) is 32.9 Å². The van der Waals surface area contributed by atoms with Crippen molar-refractivity contribution in [3.63, 3.8) is 0 Å². The minimum Gasteiger partial charge on any atom is -0.480 e. The lowest BCUT2D eigenvalue weighted by Gasteiger charge is -2.19. The van der Waals surface area contributed by atoms with Crippen molar-refractivity contribution >= 4 is 12.0 Å². The molecular formula is C12H24N2O5. The maximum atomic E-state index is 11.6. The van der Waals surface area contributed by atoms with Gasteiger partial charge in [-0.3, -0.25) is 4.79 Å². The van der Waals surface area contributed by atoms with Crippen LogP contribution in [0.2, 0.25) is 0 Å². The van der Waals surface area contributed by atoms with Gasteiger partial charge in [0.2, 0.25) is 0 Å². The second kappa shape index (κ2) is 11.7. The first-order chi connectivity index (χ1) is 9.11. The fourth-order valence-electron chi connectivity index (χ4n) is 1.37. The van der Waals surface area contributed by atoms with Gasteiger partial charge in [0.1, 0.15) is 6.54 Å². The van der Waals surface area contributed by atoms with Crippen LogP contribution in [0.1, 0.15) is 19.8 Å². The second-order valence-corrected chi connectivity index (χ2v) is 3.95. The number of carbonyl (C=O) groups is 2. The molecule has 0 aromatic carbocycles. The molecule has 2 amide bonds. The lowest BCUT2D eigenvalue weighted by Crippen LogP contribution is -2.42. The summed E-state index contributed by atoms with van der Waals surface area (Å²) in [4.78, 5) is 23.4. The molecule has 0 radical (unpaired) electrons. The van der Waals surface area contributed by atoms with E-state index in [0.717, 1.165) is 12.8 Å². The summed E-state index contributed by atoms with van der Waals surface area (Å²) in [5, 5.41) is 11.3. The molecule has 0 spiro atoms. The quantitative estimate of drug-likeness (QED) is 0.538. The van der Waals surface area contributed by atoms with Gasteiger partial charge in [0.25, 0.3) is 0 Å². The van der Waals surface area contributed by atoms with Crippen LogP contribution in [0.25, 0.3) is 0 Å². The molecule has 0 heterocycles. The highest BCUT2D eigenvalue weighted by atomic mass is 16.5. The van der Waals surface area contributed by atoms with Crippen LogP contribution in [0, 0.1) is 0 Å². The van der Waals surface area contributed by atoms with Crippen molar-refractivity contribution in [2.24, 2.45) is 0 Å². The molecule has 0 fully saturated rings. The van der Waals surface area contributed by atoms with Crippen molar-refractivity contribution in [1.82, 2.24) is 10.2 Å². The first-order valence-electron chi connectivity index (χ1n) is 6.43. The van der Waals surface area contributed by atoms with Gasteiger partial charge in [-0.05, 0) is 19.8 Å². The van der Waals surface area contributed by atoms with Crippen molar-refractivity contribution in [3.8, 4) is 0 Å². The maximum Gasteiger partial charge on any atom is 0.323 e. The topological polar surface area (TPSA) is 88.1 Å². The van der Waals surface area contributed by atoms with Gasteiger partial charge >= 0.3 is 12.0 Å². The summed E-state index contributed by atoms with van der Waals surface area (Å²) in [6.45, 7) is 4.14. The van der Waals surface area contributed by atoms with E-state index in [1.807, 2.05) is 0 Å². The van der Waals surface area contributed by atoms with Crippen LogP contribution in [0.5, 0.6) is 0 Å². The smallest absolute Gasteiger partial charge is 0.323 e. The van der Waals surface area contributed by atoms with Gasteiger partial charge in [-0.25, -0.2) is 4.79 Å². The number of carbonyl (C=O) groups excluding carboxylic acids is 1. The Morgan fingerprint density at radius 1 is 1.21 bits per heavy atom. The number of urea groups is 1. The molecule has 19 heavy (non-hydrogen) atoms. The molecule has 7 heteroatoms. The van der Waals surface area contributed by atoms with Crippen molar-refractivity contribution in [3.05, 3.63) is 0 Å². The average Bonchev–Trinajstić information content (AvgIpc) is 2.38. The zero-order valence-corrected chi connectivity index (χ0v) is 11.7. The molecule has 112 valence electrons. The molecule has 0 rings (SSSR count). The van der Waals surface area contributed by atoms with Crippen LogP contribution in [-0.2, 0) is 14.3 Å². The van der Waals surface area contributed by atoms with Gasteiger partial charge in [0.05, 0.1) is 13.2 Å². The normalized spacial score (nSPS) is 10.2. The first kappa shape index (κ1) is 17.7. The maximum absolute atomic E-state index is 11.6. The number of carboxylic acids is 1. The number of hydrogen-bond acceptors (Lipinski definition) is 4. The lowest BCUT2D eigenvalue weighted by atomic mass is 10.3. The number of rotatable bonds is 11. The molecule has 0 aliphatic heterocycles. The summed E-state index contributed by atoms with van der Waals surface area (Å²) in [7, 11) is 1.62. The Morgan fingerprint density at radius 2 is 1.95 bits per heavy atom. The highest BCUT2D eigenvalue weighted by Crippen LogP contribution is 1.92. The zero-order valence-electron chi connectivity index (χ0n) is 11.7. The van der Waals surface area contributed by atoms with Gasteiger partial charge < -0.3 is 24.8 Å². The van der Waals surface area contributed by atoms with E-state index in [4.69, 9.17) is 14.6 Å². The van der Waals surface area contributed by atoms with Crippen LogP contribution in [0.3, 0.4) is 0 Å². The molecule has 2 N–H and O–H groups in total. The van der Waals surface area contributed by atoms with Crippen molar-refractivity contribution < 1.29 is 24.2 Å². The van der Waals surface area contributed by atoms with Crippen LogP contribution in [0.15, 0.2) is 0 Å². The van der Waals surface area contributed by atoms with Gasteiger partial charge in [-0.2, -0.15) is 0 Å². The van der Waals surface area contributed by atoms with Crippen LogP contribution in [0.4, 0.5) is 4.79 Å². The number of amides is 2. The predicted molar refractivity (Wildman–Crippen MR) is 70.2 cm³/mol. The van der Waals surface area contributed by atoms with Crippen molar-refractivity contribution in [2.45, 2.75) is 19.8 Å². The molecule has 0 unspecified atom stereocenters. The Bertz CT molecular complexity index is 261. The van der Waals surface area contributed by atoms with E-state index in [1.54, 1.807) is 14.0 Å². The number of hydrogen-bond donors (Lipinski definition) is 2. The van der Waals surface area contributed by atoms with Gasteiger partial charge in [-0.1, -0.05) is 0 Å². The summed E-state index contributed by atoms with van der Waals surface area (Å²) < 4.78 is 10.1. The zero-order chi connectivity index (χ0) is 14.5. The lowest BCUT2D eigenvalue weighted by molar-refractivity contribution is -0.137. The number of nitrogens with one attached hydrogen (secondary N) is 1. The molecule has 0 saturated heterocycles. The fourth-order valence-corrected chi connectivity index (χ4v) is 1.37. The van der Waals surface area contributed by atoms with E-state index < -0.39 is 5.97 Å². The Morgan fingerprint density at radius 3 is 2.53 bits per heavy atom. The van der Waals surface area contributed by atoms with Gasteiger partial charge in [0, 0.05) is 26.8 Å². The highest BCUT2D eigenvalue weighted by Gasteiger charge is 2.13. The molecule has 0 bridgehead atoms. The summed E-state index contributed by atoms with van der Waals surface area (Å²) >= 11 is 0. The number of unbranched alkanes of at least 4 members (excludes halogenated alkanes) is 1. The minimum absolute atomic E-state index is 0.275. The number of ether oxygens (including phenoxy) is 2. The average molecular weight is 276 g/mol. The molecule has 0 atom stereocenters. The van der Waals surface area contributed by atoms with Crippen LogP contribution >= 0.6 is 0 Å². The summed E-state index contributed by atoms with van der Waals surface area (Å²) in [6, 6.07) is -0.342. The number of carboxylic acid groups (broad SMARTS) is 1. The summed E-state index contributed by atoms with van der Waals surface area (Å²) in [5.74, 6) is -1.01. The number of aliphatic carboxylic acids is 1. The Labute approximate surface area is 113 Å². The number of likely N-dealkylation sites (N-methyl/N-ethyl adjacent to an activating group) is 1. The standard InChI is InChI=1S/C12H24N2O5/c1-3-14(10-11(15)16)12(17)13-6-4-5-7-19-9-8-18-2/h3-10H2,1-2H3,(H,13,17)(H,15,16). The first-order valence-corrected chi connectivity index (χ1v) is 6.43. The Kier molecular flexibility index (Phi) is 10.9. The van der Waals surface area contributed by atoms with Gasteiger partial charge in [-0.15, -0.1) is 0 Å². The molecule has 0 aromatic heterocycles. The van der Waals surface area contributed by atoms with Crippen LogP contribution in [-0.4, -0.2) is 68.6 Å². The minimum atomic E-state index is -1.01. The van der Waals surface area contributed by atoms with Crippen LogP contribution < -0.4 is 5.32 Å². The van der Waals surface area contributed by atoms with Gasteiger partial charge in [0.15, 0.2) is 0 Å².